The van der Waals surface area contributed by atoms with Gasteiger partial charge in [0.05, 0.1) is 37.3 Å². The first-order valence-corrected chi connectivity index (χ1v) is 16.1. The lowest BCUT2D eigenvalue weighted by molar-refractivity contribution is -0.158. The molecule has 0 spiro atoms. The number of amides is 1. The second-order valence-corrected chi connectivity index (χ2v) is 12.6. The zero-order valence-corrected chi connectivity index (χ0v) is 27.4. The number of aromatic nitrogens is 1. The molecule has 46 heavy (non-hydrogen) atoms. The summed E-state index contributed by atoms with van der Waals surface area (Å²) in [5, 5.41) is 10.5. The van der Waals surface area contributed by atoms with Crippen LogP contribution in [-0.2, 0) is 33.8 Å². The number of sulfonamides is 1. The van der Waals surface area contributed by atoms with E-state index < -0.39 is 35.1 Å². The number of carbonyl (C=O) groups is 2. The van der Waals surface area contributed by atoms with Gasteiger partial charge in [-0.3, -0.25) is 14.2 Å². The first-order chi connectivity index (χ1) is 22.0. The third-order valence-electron chi connectivity index (χ3n) is 7.74. The number of benzene rings is 2. The molecule has 2 atom stereocenters. The Morgan fingerprint density at radius 1 is 1.07 bits per heavy atom. The molecule has 2 aromatic carbocycles. The molecule has 13 nitrogen and oxygen atoms in total. The fraction of sp³-hybridized carbons (Fsp3) is 0.438. The fourth-order valence-corrected chi connectivity index (χ4v) is 6.69. The van der Waals surface area contributed by atoms with E-state index in [4.69, 9.17) is 23.7 Å². The number of ether oxygens (including phenoxy) is 5. The Balaban J connectivity index is 1.58. The SMILES string of the molecule is COc1ccc(S(=O)(=O)N(CCO)CCO[C@H]2C[C@@H](c3cn(C(C)=O)c4ccccc34)C=C(C(=O)N(C)CC(OC)OC)O2)cc1. The minimum Gasteiger partial charge on any atom is -0.497 e. The molecule has 0 fully saturated rings. The van der Waals surface area contributed by atoms with E-state index in [0.29, 0.717) is 5.75 Å². The largest absolute Gasteiger partial charge is 0.497 e. The maximum atomic E-state index is 13.5. The summed E-state index contributed by atoms with van der Waals surface area (Å²) in [6.45, 7) is 0.895. The Morgan fingerprint density at radius 2 is 1.76 bits per heavy atom. The van der Waals surface area contributed by atoms with Crippen molar-refractivity contribution in [2.24, 2.45) is 0 Å². The van der Waals surface area contributed by atoms with Gasteiger partial charge >= 0.3 is 0 Å². The highest BCUT2D eigenvalue weighted by Crippen LogP contribution is 2.37. The number of nitrogens with zero attached hydrogens (tertiary/aromatic N) is 3. The number of fused-ring (bicyclic) bond motifs is 1. The van der Waals surface area contributed by atoms with Crippen LogP contribution in [0.1, 0.15) is 29.6 Å². The summed E-state index contributed by atoms with van der Waals surface area (Å²) in [5.41, 5.74) is 1.55. The summed E-state index contributed by atoms with van der Waals surface area (Å²) in [6, 6.07) is 13.4. The summed E-state index contributed by atoms with van der Waals surface area (Å²) in [6.07, 6.45) is 2.18. The lowest BCUT2D eigenvalue weighted by Gasteiger charge is -2.31. The number of rotatable bonds is 15. The molecule has 1 N–H and O–H groups in total. The third-order valence-corrected chi connectivity index (χ3v) is 9.65. The van der Waals surface area contributed by atoms with Crippen molar-refractivity contribution in [3.63, 3.8) is 0 Å². The van der Waals surface area contributed by atoms with Gasteiger partial charge in [0.2, 0.25) is 22.2 Å². The standard InChI is InChI=1S/C32H41N3O10S/c1-22(37)35-20-27(26-8-6-7-9-28(26)35)23-18-29(32(38)33(2)21-31(42-4)43-5)45-30(19-23)44-17-15-34(14-16-36)46(39,40)25-12-10-24(41-3)11-13-25/h6-13,18,20,23,30-31,36H,14-17,19,21H2,1-5H3/t23-,30+/m0/s1. The van der Waals surface area contributed by atoms with E-state index in [0.717, 1.165) is 20.8 Å². The molecule has 0 saturated carbocycles. The van der Waals surface area contributed by atoms with Gasteiger partial charge in [-0.25, -0.2) is 8.42 Å². The van der Waals surface area contributed by atoms with Crippen LogP contribution in [0.4, 0.5) is 0 Å². The zero-order chi connectivity index (χ0) is 33.4. The van der Waals surface area contributed by atoms with Crippen LogP contribution in [0.2, 0.25) is 0 Å². The fourth-order valence-electron chi connectivity index (χ4n) is 5.28. The Bertz CT molecular complexity index is 1630. The topological polar surface area (TPSA) is 146 Å². The predicted octanol–water partition coefficient (Wildman–Crippen LogP) is 2.80. The van der Waals surface area contributed by atoms with Gasteiger partial charge in [0.15, 0.2) is 12.0 Å². The minimum atomic E-state index is -3.96. The Labute approximate surface area is 268 Å². The van der Waals surface area contributed by atoms with Crippen LogP contribution in [0, 0.1) is 0 Å². The van der Waals surface area contributed by atoms with Crippen LogP contribution in [-0.4, -0.2) is 113 Å². The van der Waals surface area contributed by atoms with Gasteiger partial charge in [-0.2, -0.15) is 4.31 Å². The second kappa shape index (κ2) is 15.7. The molecular formula is C32H41N3O10S. The normalized spacial score (nSPS) is 16.8. The maximum Gasteiger partial charge on any atom is 0.288 e. The van der Waals surface area contributed by atoms with E-state index in [1.54, 1.807) is 36.0 Å². The number of aliphatic hydroxyl groups is 1. The monoisotopic (exact) mass is 659 g/mol. The van der Waals surface area contributed by atoms with Crippen LogP contribution in [0.15, 0.2) is 71.5 Å². The first kappa shape index (κ1) is 35.1. The number of para-hydroxylation sites is 1. The van der Waals surface area contributed by atoms with E-state index in [1.165, 1.54) is 45.3 Å². The smallest absolute Gasteiger partial charge is 0.288 e. The number of hydrogen-bond acceptors (Lipinski definition) is 10. The minimum absolute atomic E-state index is 0.0347. The van der Waals surface area contributed by atoms with Gasteiger partial charge in [0, 0.05) is 65.2 Å². The van der Waals surface area contributed by atoms with Crippen molar-refractivity contribution in [3.8, 4) is 5.75 Å². The van der Waals surface area contributed by atoms with Crippen molar-refractivity contribution >= 4 is 32.7 Å². The summed E-state index contributed by atoms with van der Waals surface area (Å²) in [5.74, 6) is -0.428. The van der Waals surface area contributed by atoms with Gasteiger partial charge in [0.1, 0.15) is 5.75 Å². The maximum absolute atomic E-state index is 13.5. The Morgan fingerprint density at radius 3 is 2.39 bits per heavy atom. The lowest BCUT2D eigenvalue weighted by atomic mass is 9.92. The summed E-state index contributed by atoms with van der Waals surface area (Å²) >= 11 is 0. The van der Waals surface area contributed by atoms with Gasteiger partial charge in [0.25, 0.3) is 5.91 Å². The highest BCUT2D eigenvalue weighted by Gasteiger charge is 2.33. The van der Waals surface area contributed by atoms with E-state index in [2.05, 4.69) is 0 Å². The molecular weight excluding hydrogens is 618 g/mol. The Kier molecular flexibility index (Phi) is 11.9. The average molecular weight is 660 g/mol. The van der Waals surface area contributed by atoms with Crippen molar-refractivity contribution in [2.45, 2.75) is 36.7 Å². The van der Waals surface area contributed by atoms with Crippen LogP contribution in [0.5, 0.6) is 5.75 Å². The van der Waals surface area contributed by atoms with Gasteiger partial charge in [-0.1, -0.05) is 18.2 Å². The third kappa shape index (κ3) is 7.94. The summed E-state index contributed by atoms with van der Waals surface area (Å²) in [7, 11) is 2.07. The highest BCUT2D eigenvalue weighted by atomic mass is 32.2. The highest BCUT2D eigenvalue weighted by molar-refractivity contribution is 7.89. The molecule has 3 aromatic rings. The molecule has 1 aliphatic rings. The molecule has 250 valence electrons. The quantitative estimate of drug-likeness (QED) is 0.242. The van der Waals surface area contributed by atoms with E-state index >= 15 is 0 Å². The van der Waals surface area contributed by atoms with Crippen LogP contribution in [0.3, 0.4) is 0 Å². The molecule has 0 aliphatic carbocycles. The number of aliphatic hydroxyl groups excluding tert-OH is 1. The van der Waals surface area contributed by atoms with Crippen LogP contribution in [0.25, 0.3) is 10.9 Å². The second-order valence-electron chi connectivity index (χ2n) is 10.7. The summed E-state index contributed by atoms with van der Waals surface area (Å²) < 4.78 is 57.1. The number of methoxy groups -OCH3 is 3. The Hall–Kier alpha value is -3.79. The molecule has 0 bridgehead atoms. The molecule has 1 amide bonds. The van der Waals surface area contributed by atoms with E-state index in [1.807, 2.05) is 24.3 Å². The molecule has 0 saturated heterocycles. The molecule has 0 unspecified atom stereocenters. The summed E-state index contributed by atoms with van der Waals surface area (Å²) in [4.78, 5) is 27.5. The molecule has 4 rings (SSSR count). The van der Waals surface area contributed by atoms with Crippen LogP contribution < -0.4 is 4.74 Å². The van der Waals surface area contributed by atoms with Crippen molar-refractivity contribution < 1.29 is 46.8 Å². The van der Waals surface area contributed by atoms with Crippen molar-refractivity contribution in [1.82, 2.24) is 13.8 Å². The van der Waals surface area contributed by atoms with E-state index in [-0.39, 0.29) is 55.1 Å². The van der Waals surface area contributed by atoms with Crippen molar-refractivity contribution in [1.29, 1.82) is 0 Å². The molecule has 1 aliphatic heterocycles. The van der Waals surface area contributed by atoms with Crippen molar-refractivity contribution in [3.05, 3.63) is 72.1 Å². The van der Waals surface area contributed by atoms with Gasteiger partial charge < -0.3 is 33.7 Å². The number of carbonyl (C=O) groups excluding carboxylic acids is 2. The molecule has 0 radical (unpaired) electrons. The average Bonchev–Trinajstić information content (AvgIpc) is 3.46. The van der Waals surface area contributed by atoms with Gasteiger partial charge in [-0.15, -0.1) is 0 Å². The van der Waals surface area contributed by atoms with Crippen LogP contribution >= 0.6 is 0 Å². The van der Waals surface area contributed by atoms with Gasteiger partial charge in [-0.05, 0) is 42.0 Å². The van der Waals surface area contributed by atoms with Crippen molar-refractivity contribution in [2.75, 3.05) is 61.2 Å². The zero-order valence-electron chi connectivity index (χ0n) is 26.6. The molecule has 14 heteroatoms. The molecule has 1 aromatic heterocycles. The van der Waals surface area contributed by atoms with E-state index in [9.17, 15) is 23.1 Å². The first-order valence-electron chi connectivity index (χ1n) is 14.7. The lowest BCUT2D eigenvalue weighted by Crippen LogP contribution is -2.40. The number of likely N-dealkylation sites (N-methyl/N-ethyl adjacent to an activating group) is 1. The number of allylic oxidation sites excluding steroid dienone is 1. The predicted molar refractivity (Wildman–Crippen MR) is 169 cm³/mol. The number of hydrogen-bond donors (Lipinski definition) is 1. The molecule has 2 heterocycles.